The van der Waals surface area contributed by atoms with Crippen LogP contribution in [0.5, 0.6) is 0 Å². The van der Waals surface area contributed by atoms with Gasteiger partial charge in [0, 0.05) is 13.1 Å². The molecule has 5 rings (SSSR count). The van der Waals surface area contributed by atoms with Crippen LogP contribution >= 0.6 is 0 Å². The molecule has 1 aromatic rings. The Labute approximate surface area is 211 Å². The van der Waals surface area contributed by atoms with Crippen LogP contribution in [0, 0.1) is 11.8 Å². The molecule has 0 aromatic heterocycles. The molecule has 36 heavy (non-hydrogen) atoms. The normalized spacial score (nSPS) is 34.1. The van der Waals surface area contributed by atoms with Gasteiger partial charge >= 0.3 is 5.97 Å². The van der Waals surface area contributed by atoms with Gasteiger partial charge in [0.2, 0.25) is 11.8 Å². The van der Waals surface area contributed by atoms with Gasteiger partial charge in [-0.1, -0.05) is 68.8 Å². The lowest BCUT2D eigenvalue weighted by atomic mass is 9.73. The van der Waals surface area contributed by atoms with E-state index in [0.717, 1.165) is 18.4 Å². The van der Waals surface area contributed by atoms with E-state index in [1.165, 1.54) is 4.90 Å². The molecule has 0 radical (unpaired) electrons. The van der Waals surface area contributed by atoms with Crippen molar-refractivity contribution in [1.82, 2.24) is 9.80 Å². The number of hydrogen-bond donors (Lipinski definition) is 1. The van der Waals surface area contributed by atoms with Crippen molar-refractivity contribution in [2.24, 2.45) is 11.8 Å². The lowest BCUT2D eigenvalue weighted by Crippen LogP contribution is -2.57. The molecule has 0 bridgehead atoms. The van der Waals surface area contributed by atoms with Crippen LogP contribution in [0.1, 0.15) is 44.7 Å². The van der Waals surface area contributed by atoms with Crippen molar-refractivity contribution >= 4 is 17.8 Å². The van der Waals surface area contributed by atoms with E-state index in [-0.39, 0.29) is 25.0 Å². The SMILES string of the molecule is CCCCN1CC=C[C@]23O[C@@]4(CC)C=CCOC(=O)[C@H]4[C@H]2C(=O)N([C@H](CO)c2ccccc2)C3C1=O. The van der Waals surface area contributed by atoms with E-state index in [9.17, 15) is 19.5 Å². The zero-order valence-electron chi connectivity index (χ0n) is 20.8. The summed E-state index contributed by atoms with van der Waals surface area (Å²) in [6.45, 7) is 4.68. The van der Waals surface area contributed by atoms with E-state index in [4.69, 9.17) is 9.47 Å². The number of aliphatic hydroxyl groups excluding tert-OH is 1. The van der Waals surface area contributed by atoms with E-state index in [2.05, 4.69) is 6.92 Å². The minimum Gasteiger partial charge on any atom is -0.461 e. The molecule has 192 valence electrons. The fourth-order valence-corrected chi connectivity index (χ4v) is 6.50. The number of fused-ring (bicyclic) bond motifs is 2. The van der Waals surface area contributed by atoms with Crippen molar-refractivity contribution in [2.45, 2.75) is 56.4 Å². The van der Waals surface area contributed by atoms with E-state index >= 15 is 0 Å². The van der Waals surface area contributed by atoms with Crippen molar-refractivity contribution in [3.05, 3.63) is 60.2 Å². The molecule has 2 amide bonds. The van der Waals surface area contributed by atoms with Crippen LogP contribution in [0.3, 0.4) is 0 Å². The monoisotopic (exact) mass is 494 g/mol. The summed E-state index contributed by atoms with van der Waals surface area (Å²) >= 11 is 0. The number of esters is 1. The lowest BCUT2D eigenvalue weighted by Gasteiger charge is -2.40. The number of cyclic esters (lactones) is 1. The third-order valence-corrected chi connectivity index (χ3v) is 8.19. The zero-order chi connectivity index (χ0) is 25.5. The Bertz CT molecular complexity index is 1090. The van der Waals surface area contributed by atoms with E-state index in [1.54, 1.807) is 11.0 Å². The maximum atomic E-state index is 14.4. The van der Waals surface area contributed by atoms with Crippen LogP contribution in [-0.4, -0.2) is 76.2 Å². The Balaban J connectivity index is 1.69. The number of nitrogens with zero attached hydrogens (tertiary/aromatic N) is 2. The fourth-order valence-electron chi connectivity index (χ4n) is 6.50. The van der Waals surface area contributed by atoms with Crippen molar-refractivity contribution in [1.29, 1.82) is 0 Å². The molecule has 8 heteroatoms. The number of amides is 2. The number of hydrogen-bond acceptors (Lipinski definition) is 6. The highest BCUT2D eigenvalue weighted by Crippen LogP contribution is 2.59. The molecule has 4 aliphatic heterocycles. The van der Waals surface area contributed by atoms with Gasteiger partial charge in [0.15, 0.2) is 0 Å². The highest BCUT2D eigenvalue weighted by molar-refractivity contribution is 5.99. The van der Waals surface area contributed by atoms with Crippen molar-refractivity contribution in [2.75, 3.05) is 26.3 Å². The predicted octanol–water partition coefficient (Wildman–Crippen LogP) is 2.39. The average molecular weight is 495 g/mol. The van der Waals surface area contributed by atoms with Crippen molar-refractivity contribution in [3.63, 3.8) is 0 Å². The zero-order valence-corrected chi connectivity index (χ0v) is 20.8. The largest absolute Gasteiger partial charge is 0.461 e. The standard InChI is InChI=1S/C28H34N2O6/c1-3-5-15-29-16-9-14-28-21(22-26(34)35-17-10-13-27(22,4-2)36-28)24(32)30(23(28)25(29)33)20(18-31)19-11-7-6-8-12-19/h6-14,20-23,31H,3-5,15-18H2,1-2H3/t20-,21+,22-,23?,27+,28+/m1/s1. The van der Waals surface area contributed by atoms with Crippen molar-refractivity contribution < 1.29 is 29.0 Å². The number of unbranched alkanes of at least 4 members (excludes halogenated alkanes) is 1. The summed E-state index contributed by atoms with van der Waals surface area (Å²) in [4.78, 5) is 45.2. The Hall–Kier alpha value is -2.97. The molecule has 2 fully saturated rings. The first-order chi connectivity index (χ1) is 17.4. The Kier molecular flexibility index (Phi) is 6.51. The molecule has 4 heterocycles. The fraction of sp³-hybridized carbons (Fsp3) is 0.536. The third-order valence-electron chi connectivity index (χ3n) is 8.19. The summed E-state index contributed by atoms with van der Waals surface area (Å²) in [6, 6.07) is 7.43. The molecule has 2 saturated heterocycles. The maximum absolute atomic E-state index is 14.4. The van der Waals surface area contributed by atoms with Gasteiger partial charge in [-0.2, -0.15) is 0 Å². The molecule has 6 atom stereocenters. The van der Waals surface area contributed by atoms with Gasteiger partial charge in [-0.25, -0.2) is 0 Å². The highest BCUT2D eigenvalue weighted by Gasteiger charge is 2.76. The number of benzene rings is 1. The molecular formula is C28H34N2O6. The number of ether oxygens (including phenoxy) is 2. The van der Waals surface area contributed by atoms with Crippen LogP contribution in [0.15, 0.2) is 54.6 Å². The summed E-state index contributed by atoms with van der Waals surface area (Å²) in [7, 11) is 0. The molecule has 1 spiro atoms. The lowest BCUT2D eigenvalue weighted by molar-refractivity contribution is -0.161. The number of likely N-dealkylation sites (tertiary alicyclic amines) is 1. The van der Waals surface area contributed by atoms with Gasteiger partial charge in [-0.15, -0.1) is 0 Å². The minimum atomic E-state index is -1.35. The second kappa shape index (κ2) is 9.48. The molecular weight excluding hydrogens is 460 g/mol. The summed E-state index contributed by atoms with van der Waals surface area (Å²) < 4.78 is 12.3. The maximum Gasteiger partial charge on any atom is 0.313 e. The average Bonchev–Trinajstić information content (AvgIpc) is 3.17. The first kappa shape index (κ1) is 24.7. The first-order valence-electron chi connectivity index (χ1n) is 12.9. The summed E-state index contributed by atoms with van der Waals surface area (Å²) in [6.07, 6.45) is 9.51. The molecule has 0 saturated carbocycles. The van der Waals surface area contributed by atoms with Gasteiger partial charge in [0.25, 0.3) is 0 Å². The summed E-state index contributed by atoms with van der Waals surface area (Å²) in [5.74, 6) is -2.92. The van der Waals surface area contributed by atoms with Crippen LogP contribution < -0.4 is 0 Å². The topological polar surface area (TPSA) is 96.4 Å². The Morgan fingerprint density at radius 2 is 1.83 bits per heavy atom. The van der Waals surface area contributed by atoms with Gasteiger partial charge < -0.3 is 24.4 Å². The number of carbonyl (C=O) groups is 3. The quantitative estimate of drug-likeness (QED) is 0.462. The van der Waals surface area contributed by atoms with Crippen molar-refractivity contribution in [3.8, 4) is 0 Å². The van der Waals surface area contributed by atoms with Crippen LogP contribution in [0.4, 0.5) is 0 Å². The van der Waals surface area contributed by atoms with E-state index in [0.29, 0.717) is 19.5 Å². The second-order valence-corrected chi connectivity index (χ2v) is 10.0. The Morgan fingerprint density at radius 3 is 2.53 bits per heavy atom. The Morgan fingerprint density at radius 1 is 1.06 bits per heavy atom. The van der Waals surface area contributed by atoms with E-state index < -0.39 is 41.1 Å². The number of rotatable bonds is 7. The molecule has 0 aliphatic carbocycles. The van der Waals surface area contributed by atoms with E-state index in [1.807, 2.05) is 55.5 Å². The molecule has 4 aliphatic rings. The van der Waals surface area contributed by atoms with Crippen LogP contribution in [0.2, 0.25) is 0 Å². The predicted molar refractivity (Wildman–Crippen MR) is 131 cm³/mol. The van der Waals surface area contributed by atoms with Crippen LogP contribution in [0.25, 0.3) is 0 Å². The number of carbonyl (C=O) groups excluding carboxylic acids is 3. The second-order valence-electron chi connectivity index (χ2n) is 10.0. The smallest absolute Gasteiger partial charge is 0.313 e. The summed E-state index contributed by atoms with van der Waals surface area (Å²) in [5, 5.41) is 10.5. The molecule has 1 N–H and O–H groups in total. The molecule has 1 aromatic carbocycles. The molecule has 8 nitrogen and oxygen atoms in total. The first-order valence-corrected chi connectivity index (χ1v) is 12.9. The minimum absolute atomic E-state index is 0.115. The van der Waals surface area contributed by atoms with Gasteiger partial charge in [0.1, 0.15) is 29.8 Å². The van der Waals surface area contributed by atoms with Gasteiger partial charge in [-0.05, 0) is 24.5 Å². The highest BCUT2D eigenvalue weighted by atomic mass is 16.6. The summed E-state index contributed by atoms with van der Waals surface area (Å²) in [5.41, 5.74) is -1.68. The number of aliphatic hydroxyl groups is 1. The van der Waals surface area contributed by atoms with Gasteiger partial charge in [-0.3, -0.25) is 14.4 Å². The third kappa shape index (κ3) is 3.53. The van der Waals surface area contributed by atoms with Crippen LogP contribution in [-0.2, 0) is 23.9 Å². The van der Waals surface area contributed by atoms with Gasteiger partial charge in [0.05, 0.1) is 18.6 Å². The molecule has 1 unspecified atom stereocenters.